The Morgan fingerprint density at radius 1 is 1.36 bits per heavy atom. The number of rotatable bonds is 5. The smallest absolute Gasteiger partial charge is 0.0141 e. The number of nitrogens with one attached hydrogen (secondary N) is 1. The molecule has 11 heavy (non-hydrogen) atoms. The van der Waals surface area contributed by atoms with Crippen molar-refractivity contribution in [2.75, 3.05) is 6.54 Å². The third-order valence-corrected chi connectivity index (χ3v) is 2.55. The fourth-order valence-corrected chi connectivity index (χ4v) is 1.89. The molecule has 0 heterocycles. The van der Waals surface area contributed by atoms with E-state index >= 15 is 0 Å². The molecule has 0 bridgehead atoms. The second-order valence-electron chi connectivity index (χ2n) is 3.45. The van der Waals surface area contributed by atoms with Gasteiger partial charge in [-0.2, -0.15) is 0 Å². The molecule has 0 aromatic heterocycles. The van der Waals surface area contributed by atoms with Gasteiger partial charge in [0.25, 0.3) is 0 Å². The molecule has 1 aliphatic carbocycles. The molecule has 1 aliphatic rings. The highest BCUT2D eigenvalue weighted by Gasteiger charge is 2.13. The van der Waals surface area contributed by atoms with E-state index in [2.05, 4.69) is 11.9 Å². The van der Waals surface area contributed by atoms with E-state index in [4.69, 9.17) is 0 Å². The van der Waals surface area contributed by atoms with E-state index in [-0.39, 0.29) is 0 Å². The normalized spacial score (nSPS) is 18.5. The molecule has 0 aliphatic heterocycles. The van der Waals surface area contributed by atoms with E-state index in [0.717, 1.165) is 12.5 Å². The zero-order valence-electron chi connectivity index (χ0n) is 7.31. The Morgan fingerprint density at radius 2 is 2.09 bits per heavy atom. The maximum atomic E-state index is 3.62. The number of hydrogen-bond acceptors (Lipinski definition) is 1. The summed E-state index contributed by atoms with van der Waals surface area (Å²) in [5.41, 5.74) is 0. The Kier molecular flexibility index (Phi) is 4.10. The molecule has 1 heteroatoms. The largest absolute Gasteiger partial charge is 0.391 e. The molecule has 64 valence electrons. The lowest BCUT2D eigenvalue weighted by atomic mass is 10.0. The van der Waals surface area contributed by atoms with Crippen LogP contribution in [0.4, 0.5) is 0 Å². The van der Waals surface area contributed by atoms with Crippen molar-refractivity contribution in [3.05, 3.63) is 12.8 Å². The van der Waals surface area contributed by atoms with Crippen molar-refractivity contribution < 1.29 is 0 Å². The average molecular weight is 153 g/mol. The Morgan fingerprint density at radius 3 is 2.73 bits per heavy atom. The van der Waals surface area contributed by atoms with Crippen molar-refractivity contribution in [3.63, 3.8) is 0 Å². The molecule has 0 amide bonds. The van der Waals surface area contributed by atoms with Gasteiger partial charge in [0.1, 0.15) is 0 Å². The summed E-state index contributed by atoms with van der Waals surface area (Å²) in [4.78, 5) is 0. The van der Waals surface area contributed by atoms with E-state index in [1.165, 1.54) is 38.5 Å². The van der Waals surface area contributed by atoms with Gasteiger partial charge in [-0.1, -0.05) is 32.3 Å². The minimum Gasteiger partial charge on any atom is -0.391 e. The van der Waals surface area contributed by atoms with Gasteiger partial charge in [-0.15, -0.1) is 0 Å². The van der Waals surface area contributed by atoms with Crippen LogP contribution in [0.3, 0.4) is 0 Å². The lowest BCUT2D eigenvalue weighted by Crippen LogP contribution is -2.07. The minimum absolute atomic E-state index is 1.04. The Labute approximate surface area is 69.9 Å². The van der Waals surface area contributed by atoms with Crippen LogP contribution in [0.1, 0.15) is 38.5 Å². The Hall–Kier alpha value is -0.460. The van der Waals surface area contributed by atoms with E-state index in [0.29, 0.717) is 0 Å². The molecule has 0 saturated heterocycles. The average Bonchev–Trinajstić information content (AvgIpc) is 2.50. The summed E-state index contributed by atoms with van der Waals surface area (Å²) < 4.78 is 0. The number of hydrogen-bond donors (Lipinski definition) is 1. The Balaban J connectivity index is 1.89. The van der Waals surface area contributed by atoms with Gasteiger partial charge >= 0.3 is 0 Å². The minimum atomic E-state index is 1.04. The highest BCUT2D eigenvalue weighted by molar-refractivity contribution is 4.69. The summed E-state index contributed by atoms with van der Waals surface area (Å²) in [6.07, 6.45) is 10.4. The van der Waals surface area contributed by atoms with Crippen LogP contribution in [0.2, 0.25) is 0 Å². The van der Waals surface area contributed by atoms with Crippen molar-refractivity contribution in [3.8, 4) is 0 Å². The highest BCUT2D eigenvalue weighted by Crippen LogP contribution is 2.28. The van der Waals surface area contributed by atoms with Crippen molar-refractivity contribution in [1.82, 2.24) is 5.32 Å². The van der Waals surface area contributed by atoms with Crippen molar-refractivity contribution >= 4 is 0 Å². The van der Waals surface area contributed by atoms with Crippen LogP contribution in [-0.2, 0) is 0 Å². The Bertz CT molecular complexity index is 103. The van der Waals surface area contributed by atoms with Crippen LogP contribution < -0.4 is 5.32 Å². The standard InChI is InChI=1S/C10H19N/c1-2-11-9-5-8-10-6-3-4-7-10/h2,10-11H,1,3-9H2. The molecule has 0 aromatic carbocycles. The summed E-state index contributed by atoms with van der Waals surface area (Å²) in [6, 6.07) is 0. The maximum Gasteiger partial charge on any atom is 0.0141 e. The molecule has 1 fully saturated rings. The van der Waals surface area contributed by atoms with Crippen LogP contribution in [0, 0.1) is 5.92 Å². The first kappa shape index (κ1) is 8.63. The third kappa shape index (κ3) is 3.45. The predicted molar refractivity (Wildman–Crippen MR) is 49.4 cm³/mol. The van der Waals surface area contributed by atoms with E-state index in [9.17, 15) is 0 Å². The zero-order chi connectivity index (χ0) is 7.94. The quantitative estimate of drug-likeness (QED) is 0.599. The van der Waals surface area contributed by atoms with Gasteiger partial charge in [0.05, 0.1) is 0 Å². The van der Waals surface area contributed by atoms with Crippen LogP contribution in [0.25, 0.3) is 0 Å². The van der Waals surface area contributed by atoms with E-state index in [1.54, 1.807) is 6.20 Å². The van der Waals surface area contributed by atoms with Crippen molar-refractivity contribution in [2.45, 2.75) is 38.5 Å². The molecule has 0 spiro atoms. The van der Waals surface area contributed by atoms with Gasteiger partial charge in [-0.25, -0.2) is 0 Å². The first-order valence-corrected chi connectivity index (χ1v) is 4.78. The highest BCUT2D eigenvalue weighted by atomic mass is 14.8. The second-order valence-corrected chi connectivity index (χ2v) is 3.45. The molecular weight excluding hydrogens is 134 g/mol. The topological polar surface area (TPSA) is 12.0 Å². The van der Waals surface area contributed by atoms with Gasteiger partial charge in [-0.3, -0.25) is 0 Å². The summed E-state index contributed by atoms with van der Waals surface area (Å²) in [6.45, 7) is 4.73. The van der Waals surface area contributed by atoms with Gasteiger partial charge in [-0.05, 0) is 25.0 Å². The molecule has 0 unspecified atom stereocenters. The third-order valence-electron chi connectivity index (χ3n) is 2.55. The molecule has 1 rings (SSSR count). The molecule has 1 nitrogen and oxygen atoms in total. The molecule has 0 atom stereocenters. The summed E-state index contributed by atoms with van der Waals surface area (Å²) in [5.74, 6) is 1.04. The molecule has 1 N–H and O–H groups in total. The zero-order valence-corrected chi connectivity index (χ0v) is 7.31. The first-order chi connectivity index (χ1) is 5.43. The van der Waals surface area contributed by atoms with E-state index in [1.807, 2.05) is 0 Å². The fourth-order valence-electron chi connectivity index (χ4n) is 1.89. The lowest BCUT2D eigenvalue weighted by molar-refractivity contribution is 0.480. The molecule has 0 aromatic rings. The summed E-state index contributed by atoms with van der Waals surface area (Å²) in [5, 5.41) is 3.14. The van der Waals surface area contributed by atoms with Gasteiger partial charge in [0, 0.05) is 6.54 Å². The summed E-state index contributed by atoms with van der Waals surface area (Å²) >= 11 is 0. The fraction of sp³-hybridized carbons (Fsp3) is 0.800. The van der Waals surface area contributed by atoms with Crippen LogP contribution in [0.5, 0.6) is 0 Å². The second kappa shape index (κ2) is 5.22. The monoisotopic (exact) mass is 153 g/mol. The van der Waals surface area contributed by atoms with Gasteiger partial charge in [0.2, 0.25) is 0 Å². The SMILES string of the molecule is C=CNCCCC1CCCC1. The van der Waals surface area contributed by atoms with Gasteiger partial charge in [0.15, 0.2) is 0 Å². The molecule has 1 saturated carbocycles. The maximum absolute atomic E-state index is 3.62. The summed E-state index contributed by atoms with van der Waals surface area (Å²) in [7, 11) is 0. The lowest BCUT2D eigenvalue weighted by Gasteiger charge is -2.07. The molecule has 0 radical (unpaired) electrons. The van der Waals surface area contributed by atoms with Crippen LogP contribution in [-0.4, -0.2) is 6.54 Å². The predicted octanol–water partition coefficient (Wildman–Crippen LogP) is 2.69. The first-order valence-electron chi connectivity index (χ1n) is 4.78. The van der Waals surface area contributed by atoms with E-state index < -0.39 is 0 Å². The van der Waals surface area contributed by atoms with Crippen LogP contribution in [0.15, 0.2) is 12.8 Å². The van der Waals surface area contributed by atoms with Crippen molar-refractivity contribution in [2.24, 2.45) is 5.92 Å². The van der Waals surface area contributed by atoms with Crippen LogP contribution >= 0.6 is 0 Å². The molecular formula is C10H19N. The van der Waals surface area contributed by atoms with Crippen molar-refractivity contribution in [1.29, 1.82) is 0 Å². The van der Waals surface area contributed by atoms with Gasteiger partial charge < -0.3 is 5.32 Å².